The van der Waals surface area contributed by atoms with Crippen molar-refractivity contribution in [1.82, 2.24) is 5.32 Å². The van der Waals surface area contributed by atoms with Gasteiger partial charge in [-0.05, 0) is 36.2 Å². The first kappa shape index (κ1) is 14.0. The van der Waals surface area contributed by atoms with Crippen LogP contribution < -0.4 is 15.0 Å². The summed E-state index contributed by atoms with van der Waals surface area (Å²) >= 11 is 0. The first-order chi connectivity index (χ1) is 10.4. The third-order valence-corrected chi connectivity index (χ3v) is 3.79. The van der Waals surface area contributed by atoms with E-state index in [-0.39, 0.29) is 0 Å². The van der Waals surface area contributed by atoms with E-state index in [0.717, 1.165) is 31.9 Å². The normalized spacial score (nSPS) is 14.4. The summed E-state index contributed by atoms with van der Waals surface area (Å²) in [4.78, 5) is 2.44. The fourth-order valence-electron chi connectivity index (χ4n) is 2.81. The van der Waals surface area contributed by atoms with Crippen LogP contribution in [0.3, 0.4) is 0 Å². The molecular formula is C18H22N2O. The Bertz CT molecular complexity index is 597. The molecule has 3 nitrogen and oxygen atoms in total. The second-order valence-electron chi connectivity index (χ2n) is 5.31. The molecule has 0 saturated heterocycles. The quantitative estimate of drug-likeness (QED) is 0.932. The number of fused-ring (bicyclic) bond motifs is 1. The maximum absolute atomic E-state index is 5.60. The van der Waals surface area contributed by atoms with Crippen LogP contribution in [0.15, 0.2) is 48.5 Å². The van der Waals surface area contributed by atoms with Gasteiger partial charge in [0.25, 0.3) is 0 Å². The molecule has 0 unspecified atom stereocenters. The predicted octanol–water partition coefficient (Wildman–Crippen LogP) is 3.20. The fourth-order valence-corrected chi connectivity index (χ4v) is 2.81. The van der Waals surface area contributed by atoms with E-state index in [2.05, 4.69) is 52.7 Å². The Balaban J connectivity index is 1.82. The lowest BCUT2D eigenvalue weighted by Crippen LogP contribution is -2.28. The summed E-state index contributed by atoms with van der Waals surface area (Å²) in [5.41, 5.74) is 4.00. The summed E-state index contributed by atoms with van der Waals surface area (Å²) in [5.74, 6) is 0.955. The van der Waals surface area contributed by atoms with Gasteiger partial charge in [0.1, 0.15) is 5.75 Å². The monoisotopic (exact) mass is 282 g/mol. The first-order valence-corrected chi connectivity index (χ1v) is 7.62. The summed E-state index contributed by atoms with van der Waals surface area (Å²) < 4.78 is 5.60. The molecule has 1 heterocycles. The van der Waals surface area contributed by atoms with Crippen LogP contribution in [0, 0.1) is 0 Å². The predicted molar refractivity (Wildman–Crippen MR) is 86.8 cm³/mol. The SMILES string of the molecule is CCOc1cccc(CN2CCNCc3ccccc32)c1. The zero-order valence-electron chi connectivity index (χ0n) is 12.5. The molecule has 0 fully saturated rings. The highest BCUT2D eigenvalue weighted by Gasteiger charge is 2.14. The van der Waals surface area contributed by atoms with Gasteiger partial charge in [-0.3, -0.25) is 0 Å². The highest BCUT2D eigenvalue weighted by Crippen LogP contribution is 2.24. The van der Waals surface area contributed by atoms with Crippen LogP contribution >= 0.6 is 0 Å². The maximum Gasteiger partial charge on any atom is 0.119 e. The maximum atomic E-state index is 5.60. The van der Waals surface area contributed by atoms with E-state index in [0.29, 0.717) is 6.61 Å². The minimum Gasteiger partial charge on any atom is -0.494 e. The van der Waals surface area contributed by atoms with Crippen molar-refractivity contribution >= 4 is 5.69 Å². The lowest BCUT2D eigenvalue weighted by molar-refractivity contribution is 0.340. The van der Waals surface area contributed by atoms with E-state index in [1.54, 1.807) is 0 Å². The second-order valence-corrected chi connectivity index (χ2v) is 5.31. The summed E-state index contributed by atoms with van der Waals surface area (Å²) in [6, 6.07) is 17.1. The zero-order valence-corrected chi connectivity index (χ0v) is 12.5. The smallest absolute Gasteiger partial charge is 0.119 e. The molecule has 3 heteroatoms. The van der Waals surface area contributed by atoms with Gasteiger partial charge in [0.2, 0.25) is 0 Å². The molecule has 110 valence electrons. The Kier molecular flexibility index (Phi) is 4.41. The molecular weight excluding hydrogens is 260 g/mol. The van der Waals surface area contributed by atoms with Crippen LogP contribution in [0.4, 0.5) is 5.69 Å². The second kappa shape index (κ2) is 6.64. The molecule has 21 heavy (non-hydrogen) atoms. The number of hydrogen-bond acceptors (Lipinski definition) is 3. The summed E-state index contributed by atoms with van der Waals surface area (Å²) in [7, 11) is 0. The van der Waals surface area contributed by atoms with Crippen LogP contribution in [0.2, 0.25) is 0 Å². The number of ether oxygens (including phenoxy) is 1. The lowest BCUT2D eigenvalue weighted by atomic mass is 10.1. The molecule has 1 aliphatic heterocycles. The van der Waals surface area contributed by atoms with E-state index in [9.17, 15) is 0 Å². The number of anilines is 1. The van der Waals surface area contributed by atoms with Crippen molar-refractivity contribution in [3.63, 3.8) is 0 Å². The minimum absolute atomic E-state index is 0.708. The molecule has 2 aromatic rings. The van der Waals surface area contributed by atoms with E-state index in [1.807, 2.05) is 13.0 Å². The molecule has 1 aliphatic rings. The van der Waals surface area contributed by atoms with Gasteiger partial charge in [-0.25, -0.2) is 0 Å². The van der Waals surface area contributed by atoms with Crippen LogP contribution in [-0.2, 0) is 13.1 Å². The van der Waals surface area contributed by atoms with Gasteiger partial charge in [-0.1, -0.05) is 30.3 Å². The number of rotatable bonds is 4. The molecule has 0 saturated carbocycles. The Morgan fingerprint density at radius 3 is 2.95 bits per heavy atom. The Morgan fingerprint density at radius 2 is 2.05 bits per heavy atom. The molecule has 0 aliphatic carbocycles. The van der Waals surface area contributed by atoms with Gasteiger partial charge in [0.05, 0.1) is 6.61 Å². The number of hydrogen-bond donors (Lipinski definition) is 1. The molecule has 0 amide bonds. The van der Waals surface area contributed by atoms with Gasteiger partial charge in [-0.15, -0.1) is 0 Å². The van der Waals surface area contributed by atoms with Gasteiger partial charge in [0, 0.05) is 31.9 Å². The van der Waals surface area contributed by atoms with Crippen LogP contribution in [-0.4, -0.2) is 19.7 Å². The molecule has 0 bridgehead atoms. The van der Waals surface area contributed by atoms with Crippen LogP contribution in [0.1, 0.15) is 18.1 Å². The topological polar surface area (TPSA) is 24.5 Å². The van der Waals surface area contributed by atoms with Crippen molar-refractivity contribution in [2.75, 3.05) is 24.6 Å². The molecule has 2 aromatic carbocycles. The highest BCUT2D eigenvalue weighted by atomic mass is 16.5. The van der Waals surface area contributed by atoms with E-state index >= 15 is 0 Å². The number of nitrogens with zero attached hydrogens (tertiary/aromatic N) is 1. The molecule has 3 rings (SSSR count). The van der Waals surface area contributed by atoms with Crippen molar-refractivity contribution < 1.29 is 4.74 Å². The number of benzene rings is 2. The van der Waals surface area contributed by atoms with Crippen molar-refractivity contribution in [3.05, 3.63) is 59.7 Å². The fraction of sp³-hybridized carbons (Fsp3) is 0.333. The average molecular weight is 282 g/mol. The van der Waals surface area contributed by atoms with Crippen molar-refractivity contribution in [2.24, 2.45) is 0 Å². The van der Waals surface area contributed by atoms with Crippen molar-refractivity contribution in [3.8, 4) is 5.75 Å². The van der Waals surface area contributed by atoms with Gasteiger partial charge in [-0.2, -0.15) is 0 Å². The molecule has 0 radical (unpaired) electrons. The van der Waals surface area contributed by atoms with Crippen molar-refractivity contribution in [2.45, 2.75) is 20.0 Å². The minimum atomic E-state index is 0.708. The first-order valence-electron chi connectivity index (χ1n) is 7.62. The van der Waals surface area contributed by atoms with Gasteiger partial charge < -0.3 is 15.0 Å². The molecule has 0 atom stereocenters. The Hall–Kier alpha value is -2.00. The van der Waals surface area contributed by atoms with Crippen LogP contribution in [0.25, 0.3) is 0 Å². The summed E-state index contributed by atoms with van der Waals surface area (Å²) in [5, 5.41) is 3.48. The van der Waals surface area contributed by atoms with Crippen LogP contribution in [0.5, 0.6) is 5.75 Å². The molecule has 0 aromatic heterocycles. The molecule has 0 spiro atoms. The highest BCUT2D eigenvalue weighted by molar-refractivity contribution is 5.54. The number of nitrogens with one attached hydrogen (secondary N) is 1. The largest absolute Gasteiger partial charge is 0.494 e. The zero-order chi connectivity index (χ0) is 14.5. The third-order valence-electron chi connectivity index (χ3n) is 3.79. The van der Waals surface area contributed by atoms with E-state index in [1.165, 1.54) is 16.8 Å². The summed E-state index contributed by atoms with van der Waals surface area (Å²) in [6.07, 6.45) is 0. The number of para-hydroxylation sites is 1. The summed E-state index contributed by atoms with van der Waals surface area (Å²) in [6.45, 7) is 6.63. The van der Waals surface area contributed by atoms with Gasteiger partial charge in [0.15, 0.2) is 0 Å². The Labute approximate surface area is 126 Å². The average Bonchev–Trinajstić information content (AvgIpc) is 2.71. The lowest BCUT2D eigenvalue weighted by Gasteiger charge is -2.25. The van der Waals surface area contributed by atoms with E-state index in [4.69, 9.17) is 4.74 Å². The van der Waals surface area contributed by atoms with Gasteiger partial charge >= 0.3 is 0 Å². The molecule has 1 N–H and O–H groups in total. The standard InChI is InChI=1S/C18H22N2O/c1-2-21-17-8-5-6-15(12-17)14-20-11-10-19-13-16-7-3-4-9-18(16)20/h3-9,12,19H,2,10-11,13-14H2,1H3. The van der Waals surface area contributed by atoms with E-state index < -0.39 is 0 Å². The Morgan fingerprint density at radius 1 is 1.14 bits per heavy atom. The van der Waals surface area contributed by atoms with Crippen molar-refractivity contribution in [1.29, 1.82) is 0 Å². The third kappa shape index (κ3) is 3.37.